The van der Waals surface area contributed by atoms with E-state index in [0.717, 1.165) is 29.7 Å². The highest BCUT2D eigenvalue weighted by Crippen LogP contribution is 2.49. The molecule has 2 saturated heterocycles. The summed E-state index contributed by atoms with van der Waals surface area (Å²) in [7, 11) is 0. The number of nitrogens with one attached hydrogen (secondary N) is 1. The smallest absolute Gasteiger partial charge is 0.321 e. The van der Waals surface area contributed by atoms with Crippen molar-refractivity contribution < 1.29 is 14.1 Å². The second-order valence-corrected chi connectivity index (χ2v) is 7.77. The SMILES string of the molecule is Cc1noc(C2CN(C(=O)Nc3cccc(C)c3C)CC23CCOCC3)n1. The number of rotatable bonds is 2. The molecule has 4 rings (SSSR count). The largest absolute Gasteiger partial charge is 0.381 e. The molecule has 0 radical (unpaired) electrons. The molecule has 1 N–H and O–H groups in total. The maximum Gasteiger partial charge on any atom is 0.321 e. The van der Waals surface area contributed by atoms with E-state index in [1.54, 1.807) is 0 Å². The predicted octanol–water partition coefficient (Wildman–Crippen LogP) is 3.42. The first-order valence-corrected chi connectivity index (χ1v) is 9.49. The van der Waals surface area contributed by atoms with E-state index in [9.17, 15) is 4.79 Å². The number of hydrogen-bond donors (Lipinski definition) is 1. The number of aryl methyl sites for hydroxylation is 2. The Morgan fingerprint density at radius 1 is 1.26 bits per heavy atom. The molecule has 7 nitrogen and oxygen atoms in total. The first-order valence-electron chi connectivity index (χ1n) is 9.49. The molecule has 0 aliphatic carbocycles. The van der Waals surface area contributed by atoms with Crippen molar-refractivity contribution in [3.63, 3.8) is 0 Å². The Bertz CT molecular complexity index is 842. The molecule has 27 heavy (non-hydrogen) atoms. The number of anilines is 1. The van der Waals surface area contributed by atoms with Gasteiger partial charge in [-0.25, -0.2) is 4.79 Å². The van der Waals surface area contributed by atoms with E-state index in [1.165, 1.54) is 0 Å². The zero-order chi connectivity index (χ0) is 19.0. The van der Waals surface area contributed by atoms with E-state index in [0.29, 0.717) is 38.0 Å². The molecule has 2 amide bonds. The molecule has 1 aromatic heterocycles. The quantitative estimate of drug-likeness (QED) is 0.876. The minimum atomic E-state index is -0.0756. The fourth-order valence-electron chi connectivity index (χ4n) is 4.28. The van der Waals surface area contributed by atoms with Gasteiger partial charge in [-0.05, 0) is 50.8 Å². The van der Waals surface area contributed by atoms with E-state index in [-0.39, 0.29) is 17.4 Å². The number of urea groups is 1. The minimum absolute atomic E-state index is 0.0481. The van der Waals surface area contributed by atoms with Gasteiger partial charge in [0, 0.05) is 37.4 Å². The van der Waals surface area contributed by atoms with Crippen LogP contribution in [0.15, 0.2) is 22.7 Å². The molecule has 2 fully saturated rings. The second kappa shape index (κ2) is 6.96. The van der Waals surface area contributed by atoms with E-state index < -0.39 is 0 Å². The maximum absolute atomic E-state index is 13.0. The summed E-state index contributed by atoms with van der Waals surface area (Å²) in [6.45, 7) is 8.57. The molecule has 0 saturated carbocycles. The van der Waals surface area contributed by atoms with Crippen molar-refractivity contribution in [1.82, 2.24) is 15.0 Å². The third kappa shape index (κ3) is 3.32. The topological polar surface area (TPSA) is 80.5 Å². The van der Waals surface area contributed by atoms with Gasteiger partial charge in [-0.2, -0.15) is 4.98 Å². The lowest BCUT2D eigenvalue weighted by atomic mass is 9.72. The van der Waals surface area contributed by atoms with Gasteiger partial charge in [0.15, 0.2) is 5.82 Å². The normalized spacial score (nSPS) is 21.6. The molecule has 3 heterocycles. The van der Waals surface area contributed by atoms with Crippen LogP contribution in [0.3, 0.4) is 0 Å². The van der Waals surface area contributed by atoms with Crippen LogP contribution in [0.2, 0.25) is 0 Å². The van der Waals surface area contributed by atoms with Crippen LogP contribution in [0, 0.1) is 26.2 Å². The Hall–Kier alpha value is -2.41. The van der Waals surface area contributed by atoms with E-state index >= 15 is 0 Å². The number of nitrogens with zero attached hydrogens (tertiary/aromatic N) is 3. The highest BCUT2D eigenvalue weighted by atomic mass is 16.5. The van der Waals surface area contributed by atoms with Crippen LogP contribution >= 0.6 is 0 Å². The molecule has 1 atom stereocenters. The Morgan fingerprint density at radius 2 is 2.04 bits per heavy atom. The van der Waals surface area contributed by atoms with Gasteiger partial charge in [-0.3, -0.25) is 0 Å². The van der Waals surface area contributed by atoms with Gasteiger partial charge in [-0.1, -0.05) is 17.3 Å². The van der Waals surface area contributed by atoms with Crippen LogP contribution in [0.4, 0.5) is 10.5 Å². The van der Waals surface area contributed by atoms with Gasteiger partial charge in [0.25, 0.3) is 0 Å². The molecule has 1 unspecified atom stereocenters. The Kier molecular flexibility index (Phi) is 4.63. The molecular formula is C20H26N4O3. The highest BCUT2D eigenvalue weighted by molar-refractivity contribution is 5.90. The average Bonchev–Trinajstić information content (AvgIpc) is 3.23. The summed E-state index contributed by atoms with van der Waals surface area (Å²) in [5, 5.41) is 7.04. The number of likely N-dealkylation sites (tertiary alicyclic amines) is 1. The van der Waals surface area contributed by atoms with E-state index in [2.05, 4.69) is 15.5 Å². The third-order valence-corrected chi connectivity index (χ3v) is 6.11. The lowest BCUT2D eigenvalue weighted by Crippen LogP contribution is -2.38. The van der Waals surface area contributed by atoms with E-state index in [1.807, 2.05) is 43.9 Å². The first-order chi connectivity index (χ1) is 13.0. The lowest BCUT2D eigenvalue weighted by Gasteiger charge is -2.36. The lowest BCUT2D eigenvalue weighted by molar-refractivity contribution is 0.00959. The van der Waals surface area contributed by atoms with Crippen molar-refractivity contribution in [2.24, 2.45) is 5.41 Å². The molecule has 1 aromatic carbocycles. The molecule has 0 bridgehead atoms. The number of carbonyl (C=O) groups excluding carboxylic acids is 1. The fraction of sp³-hybridized carbons (Fsp3) is 0.550. The molecule has 2 aliphatic heterocycles. The zero-order valence-electron chi connectivity index (χ0n) is 16.1. The summed E-state index contributed by atoms with van der Waals surface area (Å²) in [4.78, 5) is 19.4. The summed E-state index contributed by atoms with van der Waals surface area (Å²) < 4.78 is 11.1. The highest BCUT2D eigenvalue weighted by Gasteiger charge is 2.51. The third-order valence-electron chi connectivity index (χ3n) is 6.11. The van der Waals surface area contributed by atoms with Gasteiger partial charge in [0.1, 0.15) is 0 Å². The van der Waals surface area contributed by atoms with Crippen molar-refractivity contribution in [3.05, 3.63) is 41.0 Å². The molecule has 2 aliphatic rings. The number of benzene rings is 1. The average molecular weight is 370 g/mol. The van der Waals surface area contributed by atoms with Crippen molar-refractivity contribution in [2.75, 3.05) is 31.6 Å². The van der Waals surface area contributed by atoms with Gasteiger partial charge in [-0.15, -0.1) is 0 Å². The summed E-state index contributed by atoms with van der Waals surface area (Å²) in [5.74, 6) is 1.31. The van der Waals surface area contributed by atoms with Gasteiger partial charge >= 0.3 is 6.03 Å². The summed E-state index contributed by atoms with van der Waals surface area (Å²) in [6, 6.07) is 5.88. The van der Waals surface area contributed by atoms with Crippen molar-refractivity contribution >= 4 is 11.7 Å². The van der Waals surface area contributed by atoms with Gasteiger partial charge in [0.05, 0.1) is 5.92 Å². The van der Waals surface area contributed by atoms with Crippen LogP contribution in [-0.2, 0) is 4.74 Å². The van der Waals surface area contributed by atoms with Crippen LogP contribution in [-0.4, -0.2) is 47.4 Å². The van der Waals surface area contributed by atoms with Gasteiger partial charge in [0.2, 0.25) is 5.89 Å². The zero-order valence-corrected chi connectivity index (χ0v) is 16.1. The van der Waals surface area contributed by atoms with Crippen LogP contribution in [0.5, 0.6) is 0 Å². The van der Waals surface area contributed by atoms with Crippen molar-refractivity contribution in [3.8, 4) is 0 Å². The molecular weight excluding hydrogens is 344 g/mol. The fourth-order valence-corrected chi connectivity index (χ4v) is 4.28. The van der Waals surface area contributed by atoms with Crippen LogP contribution in [0.25, 0.3) is 0 Å². The number of carbonyl (C=O) groups is 1. The number of ether oxygens (including phenoxy) is 1. The summed E-state index contributed by atoms with van der Waals surface area (Å²) in [6.07, 6.45) is 1.79. The number of hydrogen-bond acceptors (Lipinski definition) is 5. The summed E-state index contributed by atoms with van der Waals surface area (Å²) in [5.41, 5.74) is 3.05. The molecule has 7 heteroatoms. The molecule has 1 spiro atoms. The maximum atomic E-state index is 13.0. The second-order valence-electron chi connectivity index (χ2n) is 7.77. The standard InChI is InChI=1S/C20H26N4O3/c1-13-5-4-6-17(14(13)2)22-19(25)24-11-16(18-21-15(3)23-27-18)20(12-24)7-9-26-10-8-20/h4-6,16H,7-12H2,1-3H3,(H,22,25). The number of aromatic nitrogens is 2. The summed E-state index contributed by atoms with van der Waals surface area (Å²) >= 11 is 0. The first kappa shape index (κ1) is 18.0. The molecule has 144 valence electrons. The predicted molar refractivity (Wildman–Crippen MR) is 101 cm³/mol. The van der Waals surface area contributed by atoms with Crippen LogP contribution in [0.1, 0.15) is 41.6 Å². The van der Waals surface area contributed by atoms with E-state index in [4.69, 9.17) is 9.26 Å². The Morgan fingerprint density at radius 3 is 2.74 bits per heavy atom. The monoisotopic (exact) mass is 370 g/mol. The Balaban J connectivity index is 1.57. The molecule has 2 aromatic rings. The minimum Gasteiger partial charge on any atom is -0.381 e. The van der Waals surface area contributed by atoms with Crippen LogP contribution < -0.4 is 5.32 Å². The Labute approximate surface area is 159 Å². The van der Waals surface area contributed by atoms with Crippen molar-refractivity contribution in [1.29, 1.82) is 0 Å². The van der Waals surface area contributed by atoms with Crippen molar-refractivity contribution in [2.45, 2.75) is 39.5 Å². The number of amides is 2. The van der Waals surface area contributed by atoms with Gasteiger partial charge < -0.3 is 19.5 Å².